The number of hydrogen-bond donors (Lipinski definition) is 4. The van der Waals surface area contributed by atoms with Gasteiger partial charge in [0.25, 0.3) is 11.8 Å². The van der Waals surface area contributed by atoms with Gasteiger partial charge in [0.15, 0.2) is 0 Å². The Hall–Kier alpha value is -3.90. The van der Waals surface area contributed by atoms with Crippen molar-refractivity contribution in [2.45, 2.75) is 58.4 Å². The van der Waals surface area contributed by atoms with Gasteiger partial charge in [-0.2, -0.15) is 0 Å². The first-order chi connectivity index (χ1) is 19.6. The molecule has 4 N–H and O–H groups in total. The van der Waals surface area contributed by atoms with Gasteiger partial charge in [0.05, 0.1) is 11.3 Å². The second-order valence-electron chi connectivity index (χ2n) is 10.9. The zero-order valence-corrected chi connectivity index (χ0v) is 23.4. The van der Waals surface area contributed by atoms with Crippen molar-refractivity contribution in [2.75, 3.05) is 23.7 Å². The average molecular weight is 537 g/mol. The van der Waals surface area contributed by atoms with Gasteiger partial charge < -0.3 is 21.3 Å². The molecule has 3 aromatic carbocycles. The zero-order chi connectivity index (χ0) is 27.7. The molecule has 0 atom stereocenters. The number of nitrogens with one attached hydrogen (secondary N) is 4. The minimum Gasteiger partial charge on any atom is -0.354 e. The van der Waals surface area contributed by atoms with Gasteiger partial charge in [-0.3, -0.25) is 9.59 Å². The van der Waals surface area contributed by atoms with Crippen LogP contribution < -0.4 is 21.3 Å². The van der Waals surface area contributed by atoms with Crippen LogP contribution >= 0.6 is 0 Å². The Morgan fingerprint density at radius 1 is 0.925 bits per heavy atom. The molecule has 3 aromatic rings. The molecule has 2 amide bonds. The number of fused-ring (bicyclic) bond motifs is 1. The minimum atomic E-state index is -0.183. The summed E-state index contributed by atoms with van der Waals surface area (Å²) < 4.78 is 0. The van der Waals surface area contributed by atoms with Crippen molar-refractivity contribution in [1.82, 2.24) is 10.6 Å². The monoisotopic (exact) mass is 536 g/mol. The Kier molecular flexibility index (Phi) is 9.30. The Labute approximate surface area is 237 Å². The lowest BCUT2D eigenvalue weighted by molar-refractivity contribution is -0.110. The molecule has 0 unspecified atom stereocenters. The van der Waals surface area contributed by atoms with Crippen LogP contribution in [0.25, 0.3) is 11.3 Å². The van der Waals surface area contributed by atoms with E-state index in [1.54, 1.807) is 6.07 Å². The molecule has 1 fully saturated rings. The average Bonchev–Trinajstić information content (AvgIpc) is 3.33. The Morgan fingerprint density at radius 3 is 2.45 bits per heavy atom. The Balaban J connectivity index is 1.41. The molecular formula is C34H40N4O2. The largest absolute Gasteiger partial charge is 0.354 e. The van der Waals surface area contributed by atoms with E-state index in [1.165, 1.54) is 50.5 Å². The van der Waals surface area contributed by atoms with Gasteiger partial charge in [0.1, 0.15) is 0 Å². The van der Waals surface area contributed by atoms with E-state index < -0.39 is 0 Å². The summed E-state index contributed by atoms with van der Waals surface area (Å²) in [5.41, 5.74) is 6.27. The van der Waals surface area contributed by atoms with Crippen LogP contribution in [0.2, 0.25) is 0 Å². The number of benzene rings is 3. The number of anilines is 2. The molecule has 0 bridgehead atoms. The third-order valence-corrected chi connectivity index (χ3v) is 7.87. The summed E-state index contributed by atoms with van der Waals surface area (Å²) in [4.78, 5) is 26.5. The topological polar surface area (TPSA) is 82.3 Å². The molecule has 5 rings (SSSR count). The SMILES string of the molecule is CCCCNCc1ccc(NC(=C2C(=O)Nc3ccc(C(=O)NCC4CCCCC4)cc32)c2ccccc2)cc1. The second kappa shape index (κ2) is 13.4. The fourth-order valence-electron chi connectivity index (χ4n) is 5.56. The third kappa shape index (κ3) is 6.80. The lowest BCUT2D eigenvalue weighted by Gasteiger charge is -2.21. The molecule has 1 aliphatic heterocycles. The van der Waals surface area contributed by atoms with E-state index in [2.05, 4.69) is 40.3 Å². The first-order valence-corrected chi connectivity index (χ1v) is 14.7. The highest BCUT2D eigenvalue weighted by Gasteiger charge is 2.29. The molecular weight excluding hydrogens is 496 g/mol. The lowest BCUT2D eigenvalue weighted by Crippen LogP contribution is -2.30. The standard InChI is InChI=1S/C34H40N4O2/c1-2-3-20-35-22-25-14-17-28(18-15-25)37-32(26-12-8-5-9-13-26)31-29-21-27(16-19-30(29)38-34(31)40)33(39)36-23-24-10-6-4-7-11-24/h5,8-9,12-19,21,24,35,37H,2-4,6-7,10-11,20,22-23H2,1H3,(H,36,39)(H,38,40). The fraction of sp³-hybridized carbons (Fsp3) is 0.353. The van der Waals surface area contributed by atoms with Crippen molar-refractivity contribution in [3.63, 3.8) is 0 Å². The number of hydrogen-bond acceptors (Lipinski definition) is 4. The molecule has 0 spiro atoms. The molecule has 0 radical (unpaired) electrons. The van der Waals surface area contributed by atoms with Crippen LogP contribution in [0.4, 0.5) is 11.4 Å². The predicted molar refractivity (Wildman–Crippen MR) is 164 cm³/mol. The maximum atomic E-state index is 13.4. The van der Waals surface area contributed by atoms with Crippen molar-refractivity contribution >= 4 is 34.5 Å². The maximum Gasteiger partial charge on any atom is 0.258 e. The smallest absolute Gasteiger partial charge is 0.258 e. The molecule has 6 heteroatoms. The molecule has 0 aromatic heterocycles. The van der Waals surface area contributed by atoms with Gasteiger partial charge in [-0.25, -0.2) is 0 Å². The van der Waals surface area contributed by atoms with Gasteiger partial charge in [-0.15, -0.1) is 0 Å². The van der Waals surface area contributed by atoms with E-state index >= 15 is 0 Å². The molecule has 6 nitrogen and oxygen atoms in total. The second-order valence-corrected chi connectivity index (χ2v) is 10.9. The zero-order valence-electron chi connectivity index (χ0n) is 23.4. The van der Waals surface area contributed by atoms with Crippen LogP contribution in [-0.2, 0) is 11.3 Å². The highest BCUT2D eigenvalue weighted by Crippen LogP contribution is 2.38. The Morgan fingerprint density at radius 2 is 1.70 bits per heavy atom. The van der Waals surface area contributed by atoms with Crippen LogP contribution in [0.3, 0.4) is 0 Å². The van der Waals surface area contributed by atoms with Crippen molar-refractivity contribution in [3.05, 3.63) is 95.1 Å². The summed E-state index contributed by atoms with van der Waals surface area (Å²) in [6, 6.07) is 23.6. The fourth-order valence-corrected chi connectivity index (χ4v) is 5.56. The Bertz CT molecular complexity index is 1340. The summed E-state index contributed by atoms with van der Waals surface area (Å²) in [6.07, 6.45) is 8.49. The highest BCUT2D eigenvalue weighted by molar-refractivity contribution is 6.37. The van der Waals surface area contributed by atoms with Crippen LogP contribution in [-0.4, -0.2) is 24.9 Å². The number of amides is 2. The number of carbonyl (C=O) groups is 2. The molecule has 2 aliphatic rings. The van der Waals surface area contributed by atoms with E-state index in [0.29, 0.717) is 35.0 Å². The van der Waals surface area contributed by atoms with Crippen molar-refractivity contribution in [2.24, 2.45) is 5.92 Å². The predicted octanol–water partition coefficient (Wildman–Crippen LogP) is 6.82. The van der Waals surface area contributed by atoms with Gasteiger partial charge in [-0.1, -0.05) is 75.1 Å². The van der Waals surface area contributed by atoms with Crippen molar-refractivity contribution in [3.8, 4) is 0 Å². The maximum absolute atomic E-state index is 13.4. The molecule has 208 valence electrons. The number of carbonyl (C=O) groups excluding carboxylic acids is 2. The molecule has 40 heavy (non-hydrogen) atoms. The van der Waals surface area contributed by atoms with E-state index in [0.717, 1.165) is 29.9 Å². The van der Waals surface area contributed by atoms with E-state index in [4.69, 9.17) is 0 Å². The number of rotatable bonds is 11. The summed E-state index contributed by atoms with van der Waals surface area (Å²) >= 11 is 0. The molecule has 1 saturated carbocycles. The minimum absolute atomic E-state index is 0.0931. The van der Waals surface area contributed by atoms with Crippen LogP contribution in [0.1, 0.15) is 78.9 Å². The summed E-state index contributed by atoms with van der Waals surface area (Å²) in [7, 11) is 0. The van der Waals surface area contributed by atoms with E-state index in [9.17, 15) is 9.59 Å². The lowest BCUT2D eigenvalue weighted by atomic mass is 9.89. The first-order valence-electron chi connectivity index (χ1n) is 14.7. The summed E-state index contributed by atoms with van der Waals surface area (Å²) in [5.74, 6) is 0.278. The van der Waals surface area contributed by atoms with Crippen molar-refractivity contribution < 1.29 is 9.59 Å². The summed E-state index contributed by atoms with van der Waals surface area (Å²) in [6.45, 7) is 4.73. The van der Waals surface area contributed by atoms with Crippen LogP contribution in [0.15, 0.2) is 72.8 Å². The third-order valence-electron chi connectivity index (χ3n) is 7.87. The quantitative estimate of drug-likeness (QED) is 0.160. The molecule has 0 saturated heterocycles. The first kappa shape index (κ1) is 27.7. The van der Waals surface area contributed by atoms with Gasteiger partial charge in [-0.05, 0) is 73.2 Å². The van der Waals surface area contributed by atoms with Crippen LogP contribution in [0.5, 0.6) is 0 Å². The van der Waals surface area contributed by atoms with Crippen LogP contribution in [0, 0.1) is 5.92 Å². The van der Waals surface area contributed by atoms with Gasteiger partial charge in [0.2, 0.25) is 0 Å². The van der Waals surface area contributed by atoms with E-state index in [1.807, 2.05) is 54.6 Å². The van der Waals surface area contributed by atoms with E-state index in [-0.39, 0.29) is 11.8 Å². The highest BCUT2D eigenvalue weighted by atomic mass is 16.2. The van der Waals surface area contributed by atoms with Crippen molar-refractivity contribution in [1.29, 1.82) is 0 Å². The number of unbranched alkanes of at least 4 members (excludes halogenated alkanes) is 1. The molecule has 1 heterocycles. The van der Waals surface area contributed by atoms with Gasteiger partial charge in [0, 0.05) is 35.6 Å². The summed E-state index contributed by atoms with van der Waals surface area (Å²) in [5, 5.41) is 13.1. The molecule has 1 aliphatic carbocycles. The van der Waals surface area contributed by atoms with Gasteiger partial charge >= 0.3 is 0 Å². The normalized spacial score (nSPS) is 16.3.